The molecular weight excluding hydrogens is 372 g/mol. The molecule has 0 saturated carbocycles. The van der Waals surface area contributed by atoms with E-state index in [1.165, 1.54) is 12.3 Å². The number of ether oxygens (including phenoxy) is 1. The number of carbonyl (C=O) groups is 1. The van der Waals surface area contributed by atoms with Gasteiger partial charge in [-0.2, -0.15) is 5.26 Å². The molecule has 1 N–H and O–H groups in total. The zero-order valence-electron chi connectivity index (χ0n) is 12.8. The molecule has 122 valence electrons. The highest BCUT2D eigenvalue weighted by molar-refractivity contribution is 9.10. The van der Waals surface area contributed by atoms with E-state index in [1.54, 1.807) is 36.4 Å². The van der Waals surface area contributed by atoms with Crippen LogP contribution in [-0.2, 0) is 11.3 Å². The van der Waals surface area contributed by atoms with Gasteiger partial charge >= 0.3 is 0 Å². The molecule has 2 rings (SSSR count). The molecule has 0 fully saturated rings. The van der Waals surface area contributed by atoms with Crippen LogP contribution in [0, 0.1) is 11.3 Å². The molecule has 0 aliphatic carbocycles. The van der Waals surface area contributed by atoms with Gasteiger partial charge in [-0.1, -0.05) is 18.7 Å². The molecule has 2 aromatic rings. The van der Waals surface area contributed by atoms with Crippen LogP contribution in [0.2, 0.25) is 0 Å². The van der Waals surface area contributed by atoms with Gasteiger partial charge in [-0.25, -0.2) is 0 Å². The van der Waals surface area contributed by atoms with Crippen LogP contribution in [0.5, 0.6) is 5.75 Å². The topological polar surface area (TPSA) is 75.3 Å². The monoisotopic (exact) mass is 386 g/mol. The number of halogens is 1. The van der Waals surface area contributed by atoms with Gasteiger partial charge in [-0.05, 0) is 51.8 Å². The van der Waals surface area contributed by atoms with Crippen molar-refractivity contribution in [3.63, 3.8) is 0 Å². The van der Waals surface area contributed by atoms with E-state index >= 15 is 0 Å². The number of hydrogen-bond acceptors (Lipinski definition) is 4. The Morgan fingerprint density at radius 2 is 2.29 bits per heavy atom. The second-order valence-corrected chi connectivity index (χ2v) is 5.58. The number of furan rings is 1. The summed E-state index contributed by atoms with van der Waals surface area (Å²) in [5.41, 5.74) is 0.714. The van der Waals surface area contributed by atoms with Crippen molar-refractivity contribution in [3.8, 4) is 11.8 Å². The molecular formula is C18H15BrN2O3. The smallest absolute Gasteiger partial charge is 0.262 e. The maximum Gasteiger partial charge on any atom is 0.262 e. The van der Waals surface area contributed by atoms with Crippen molar-refractivity contribution in [2.75, 3.05) is 6.61 Å². The van der Waals surface area contributed by atoms with E-state index in [0.717, 1.165) is 4.47 Å². The van der Waals surface area contributed by atoms with Crippen LogP contribution in [0.1, 0.15) is 11.3 Å². The molecule has 24 heavy (non-hydrogen) atoms. The third-order valence-electron chi connectivity index (χ3n) is 2.99. The lowest BCUT2D eigenvalue weighted by Crippen LogP contribution is -2.23. The summed E-state index contributed by atoms with van der Waals surface area (Å²) in [4.78, 5) is 12.1. The van der Waals surface area contributed by atoms with E-state index in [2.05, 4.69) is 27.8 Å². The van der Waals surface area contributed by atoms with Crippen LogP contribution in [0.3, 0.4) is 0 Å². The second-order valence-electron chi connectivity index (χ2n) is 4.72. The zero-order chi connectivity index (χ0) is 17.4. The van der Waals surface area contributed by atoms with Gasteiger partial charge in [0.05, 0.1) is 17.3 Å². The lowest BCUT2D eigenvalue weighted by Gasteiger charge is -2.07. The first-order valence-electron chi connectivity index (χ1n) is 7.09. The fourth-order valence-corrected chi connectivity index (χ4v) is 2.37. The van der Waals surface area contributed by atoms with Crippen molar-refractivity contribution in [1.82, 2.24) is 5.32 Å². The van der Waals surface area contributed by atoms with E-state index in [4.69, 9.17) is 9.15 Å². The summed E-state index contributed by atoms with van der Waals surface area (Å²) in [6.07, 6.45) is 4.69. The number of hydrogen-bond donors (Lipinski definition) is 1. The van der Waals surface area contributed by atoms with E-state index < -0.39 is 5.91 Å². The van der Waals surface area contributed by atoms with Gasteiger partial charge in [0.2, 0.25) is 0 Å². The van der Waals surface area contributed by atoms with Gasteiger partial charge in [-0.15, -0.1) is 0 Å². The second kappa shape index (κ2) is 8.75. The molecule has 0 unspecified atom stereocenters. The molecule has 1 amide bonds. The Hall–Kier alpha value is -2.78. The predicted octanol–water partition coefficient (Wildman–Crippen LogP) is 3.83. The summed E-state index contributed by atoms with van der Waals surface area (Å²) in [6.45, 7) is 4.21. The van der Waals surface area contributed by atoms with Crippen molar-refractivity contribution >= 4 is 27.9 Å². The molecule has 0 aliphatic heterocycles. The Morgan fingerprint density at radius 3 is 2.92 bits per heavy atom. The lowest BCUT2D eigenvalue weighted by atomic mass is 10.1. The number of nitriles is 1. The molecule has 1 aromatic carbocycles. The lowest BCUT2D eigenvalue weighted by molar-refractivity contribution is -0.117. The molecule has 1 heterocycles. The van der Waals surface area contributed by atoms with E-state index in [9.17, 15) is 10.1 Å². The first-order chi connectivity index (χ1) is 11.6. The van der Waals surface area contributed by atoms with Crippen molar-refractivity contribution in [2.24, 2.45) is 0 Å². The van der Waals surface area contributed by atoms with Gasteiger partial charge in [-0.3, -0.25) is 4.79 Å². The molecule has 0 saturated heterocycles. The maximum absolute atomic E-state index is 12.1. The fraction of sp³-hybridized carbons (Fsp3) is 0.111. The maximum atomic E-state index is 12.1. The van der Waals surface area contributed by atoms with Gasteiger partial charge in [0.25, 0.3) is 5.91 Å². The number of benzene rings is 1. The highest BCUT2D eigenvalue weighted by Gasteiger charge is 2.10. The number of nitrogens with one attached hydrogen (secondary N) is 1. The zero-order valence-corrected chi connectivity index (χ0v) is 14.4. The SMILES string of the molecule is C=CCOc1ccc(/C=C(\C#N)C(=O)NCc2ccco2)cc1Br. The molecule has 1 aromatic heterocycles. The summed E-state index contributed by atoms with van der Waals surface area (Å²) in [7, 11) is 0. The molecule has 0 radical (unpaired) electrons. The van der Waals surface area contributed by atoms with Crippen LogP contribution in [-0.4, -0.2) is 12.5 Å². The third kappa shape index (κ3) is 4.86. The Kier molecular flexibility index (Phi) is 6.41. The average Bonchev–Trinajstić information content (AvgIpc) is 3.10. The Morgan fingerprint density at radius 1 is 1.46 bits per heavy atom. The van der Waals surface area contributed by atoms with Crippen molar-refractivity contribution < 1.29 is 13.9 Å². The summed E-state index contributed by atoms with van der Waals surface area (Å²) in [6, 6.07) is 10.7. The highest BCUT2D eigenvalue weighted by atomic mass is 79.9. The van der Waals surface area contributed by atoms with Crippen LogP contribution in [0.15, 0.2) is 63.7 Å². The predicted molar refractivity (Wildman–Crippen MR) is 94.0 cm³/mol. The van der Waals surface area contributed by atoms with Gasteiger partial charge < -0.3 is 14.5 Å². The minimum atomic E-state index is -0.461. The normalized spacial score (nSPS) is 10.8. The van der Waals surface area contributed by atoms with E-state index in [1.807, 2.05) is 6.07 Å². The average molecular weight is 387 g/mol. The van der Waals surface area contributed by atoms with E-state index in [-0.39, 0.29) is 12.1 Å². The van der Waals surface area contributed by atoms with Gasteiger partial charge in [0.1, 0.15) is 29.8 Å². The summed E-state index contributed by atoms with van der Waals surface area (Å²) < 4.78 is 11.3. The number of amides is 1. The Balaban J connectivity index is 2.08. The van der Waals surface area contributed by atoms with Gasteiger partial charge in [0, 0.05) is 0 Å². The quantitative estimate of drug-likeness (QED) is 0.445. The summed E-state index contributed by atoms with van der Waals surface area (Å²) >= 11 is 3.40. The third-order valence-corrected chi connectivity index (χ3v) is 3.61. The minimum absolute atomic E-state index is 0.00761. The first kappa shape index (κ1) is 17.6. The molecule has 0 atom stereocenters. The van der Waals surface area contributed by atoms with Crippen molar-refractivity contribution in [3.05, 3.63) is 70.6 Å². The first-order valence-corrected chi connectivity index (χ1v) is 7.89. The number of rotatable bonds is 7. The standard InChI is InChI=1S/C18H15BrN2O3/c1-2-7-24-17-6-5-13(10-16(17)19)9-14(11-20)18(22)21-12-15-4-3-8-23-15/h2-6,8-10H,1,7,12H2,(H,21,22)/b14-9+. The summed E-state index contributed by atoms with van der Waals surface area (Å²) in [5.74, 6) is 0.817. The minimum Gasteiger partial charge on any atom is -0.488 e. The van der Waals surface area contributed by atoms with E-state index in [0.29, 0.717) is 23.7 Å². The van der Waals surface area contributed by atoms with Crippen LogP contribution < -0.4 is 10.1 Å². The number of carbonyl (C=O) groups excluding carboxylic acids is 1. The Bertz CT molecular complexity index is 789. The highest BCUT2D eigenvalue weighted by Crippen LogP contribution is 2.27. The molecule has 0 spiro atoms. The molecule has 6 heteroatoms. The Labute approximate surface area is 148 Å². The summed E-state index contributed by atoms with van der Waals surface area (Å²) in [5, 5.41) is 11.8. The van der Waals surface area contributed by atoms with Crippen LogP contribution >= 0.6 is 15.9 Å². The number of nitrogens with zero attached hydrogens (tertiary/aromatic N) is 1. The largest absolute Gasteiger partial charge is 0.488 e. The van der Waals surface area contributed by atoms with Crippen molar-refractivity contribution in [1.29, 1.82) is 5.26 Å². The van der Waals surface area contributed by atoms with Crippen LogP contribution in [0.25, 0.3) is 6.08 Å². The van der Waals surface area contributed by atoms with Crippen molar-refractivity contribution in [2.45, 2.75) is 6.54 Å². The van der Waals surface area contributed by atoms with Gasteiger partial charge in [0.15, 0.2) is 0 Å². The molecule has 0 aliphatic rings. The van der Waals surface area contributed by atoms with Crippen LogP contribution in [0.4, 0.5) is 0 Å². The molecule has 0 bridgehead atoms. The fourth-order valence-electron chi connectivity index (χ4n) is 1.86. The molecule has 5 nitrogen and oxygen atoms in total.